The van der Waals surface area contributed by atoms with E-state index in [1.165, 1.54) is 0 Å². The molecule has 0 saturated carbocycles. The molecule has 0 saturated heterocycles. The van der Waals surface area contributed by atoms with Gasteiger partial charge in [-0.15, -0.1) is 0 Å². The average molecular weight is 342 g/mol. The lowest BCUT2D eigenvalue weighted by molar-refractivity contribution is 0.218. The third kappa shape index (κ3) is 1.99. The molecule has 0 spiro atoms. The molecule has 0 bridgehead atoms. The van der Waals surface area contributed by atoms with Gasteiger partial charge in [-0.25, -0.2) is 0 Å². The molecule has 21 heavy (non-hydrogen) atoms. The maximum atomic E-state index is 10.5. The quantitative estimate of drug-likeness (QED) is 0.552. The van der Waals surface area contributed by atoms with Gasteiger partial charge in [0.05, 0.1) is 6.26 Å². The number of halogens is 1. The molecule has 0 radical (unpaired) electrons. The number of aliphatic hydroxyl groups excluding tert-OH is 1. The molecule has 4 rings (SSSR count). The van der Waals surface area contributed by atoms with Gasteiger partial charge in [-0.2, -0.15) is 0 Å². The van der Waals surface area contributed by atoms with Gasteiger partial charge in [-0.1, -0.05) is 24.3 Å². The molecule has 2 aromatic carbocycles. The lowest BCUT2D eigenvalue weighted by Gasteiger charge is -2.09. The fourth-order valence-electron chi connectivity index (χ4n) is 2.71. The van der Waals surface area contributed by atoms with Crippen LogP contribution in [-0.2, 0) is 0 Å². The molecule has 2 aromatic heterocycles. The van der Waals surface area contributed by atoms with E-state index in [1.807, 2.05) is 30.3 Å². The number of furan rings is 1. The zero-order valence-electron chi connectivity index (χ0n) is 11.0. The fourth-order valence-corrected chi connectivity index (χ4v) is 3.17. The summed E-state index contributed by atoms with van der Waals surface area (Å²) in [7, 11) is 0. The van der Waals surface area contributed by atoms with Gasteiger partial charge >= 0.3 is 0 Å². The Bertz CT molecular complexity index is 938. The summed E-state index contributed by atoms with van der Waals surface area (Å²) >= 11 is 3.31. The summed E-state index contributed by atoms with van der Waals surface area (Å²) in [5.41, 5.74) is 3.74. The van der Waals surface area contributed by atoms with Crippen LogP contribution in [0.1, 0.15) is 17.2 Å². The van der Waals surface area contributed by atoms with E-state index in [1.54, 1.807) is 12.3 Å². The van der Waals surface area contributed by atoms with Crippen LogP contribution in [-0.4, -0.2) is 10.1 Å². The molecule has 2 heterocycles. The van der Waals surface area contributed by atoms with Crippen LogP contribution in [0.15, 0.2) is 63.9 Å². The number of hydrogen-bond acceptors (Lipinski definition) is 2. The van der Waals surface area contributed by atoms with Gasteiger partial charge in [0, 0.05) is 27.4 Å². The normalized spacial score (nSPS) is 13.0. The summed E-state index contributed by atoms with van der Waals surface area (Å²) in [6.07, 6.45) is 0.850. The Hall–Kier alpha value is -2.04. The lowest BCUT2D eigenvalue weighted by atomic mass is 10.0. The highest BCUT2D eigenvalue weighted by molar-refractivity contribution is 9.10. The number of aromatic nitrogens is 1. The van der Waals surface area contributed by atoms with Crippen LogP contribution in [0, 0.1) is 0 Å². The zero-order chi connectivity index (χ0) is 14.4. The van der Waals surface area contributed by atoms with Crippen molar-refractivity contribution in [1.82, 2.24) is 4.98 Å². The molecule has 0 aliphatic heterocycles. The molecule has 0 fully saturated rings. The summed E-state index contributed by atoms with van der Waals surface area (Å²) in [4.78, 5) is 3.38. The van der Waals surface area contributed by atoms with E-state index < -0.39 is 6.10 Å². The SMILES string of the molecule is OC(c1ccc2[nH]c3ccccc3c2c1)c1ccoc1Br. The molecule has 4 aromatic rings. The second-order valence-corrected chi connectivity index (χ2v) is 5.75. The van der Waals surface area contributed by atoms with E-state index in [4.69, 9.17) is 4.42 Å². The van der Waals surface area contributed by atoms with E-state index in [-0.39, 0.29) is 0 Å². The highest BCUT2D eigenvalue weighted by Gasteiger charge is 2.17. The number of nitrogens with one attached hydrogen (secondary N) is 1. The molecule has 104 valence electrons. The van der Waals surface area contributed by atoms with Crippen LogP contribution in [0.25, 0.3) is 21.8 Å². The van der Waals surface area contributed by atoms with Crippen molar-refractivity contribution in [2.75, 3.05) is 0 Å². The first-order valence-corrected chi connectivity index (χ1v) is 7.44. The number of rotatable bonds is 2. The van der Waals surface area contributed by atoms with Crippen LogP contribution in [0.4, 0.5) is 0 Å². The van der Waals surface area contributed by atoms with Crippen molar-refractivity contribution < 1.29 is 9.52 Å². The number of hydrogen-bond donors (Lipinski definition) is 2. The minimum atomic E-state index is -0.712. The summed E-state index contributed by atoms with van der Waals surface area (Å²) < 4.78 is 5.76. The Kier molecular flexibility index (Phi) is 2.87. The smallest absolute Gasteiger partial charge is 0.175 e. The second-order valence-electron chi connectivity index (χ2n) is 5.03. The van der Waals surface area contributed by atoms with Crippen LogP contribution >= 0.6 is 15.9 Å². The largest absolute Gasteiger partial charge is 0.457 e. The van der Waals surface area contributed by atoms with Gasteiger partial charge in [-0.05, 0) is 45.8 Å². The monoisotopic (exact) mass is 341 g/mol. The molecule has 0 aliphatic carbocycles. The fraction of sp³-hybridized carbons (Fsp3) is 0.0588. The maximum Gasteiger partial charge on any atom is 0.175 e. The first-order chi connectivity index (χ1) is 10.2. The number of aliphatic hydroxyl groups is 1. The number of fused-ring (bicyclic) bond motifs is 3. The minimum Gasteiger partial charge on any atom is -0.457 e. The van der Waals surface area contributed by atoms with Crippen molar-refractivity contribution in [2.24, 2.45) is 0 Å². The lowest BCUT2D eigenvalue weighted by Crippen LogP contribution is -1.98. The summed E-state index contributed by atoms with van der Waals surface area (Å²) in [5.74, 6) is 0. The summed E-state index contributed by atoms with van der Waals surface area (Å²) in [6.45, 7) is 0. The minimum absolute atomic E-state index is 0.564. The van der Waals surface area contributed by atoms with E-state index in [0.29, 0.717) is 4.67 Å². The predicted molar refractivity (Wildman–Crippen MR) is 86.3 cm³/mol. The first-order valence-electron chi connectivity index (χ1n) is 6.65. The van der Waals surface area contributed by atoms with Crippen molar-refractivity contribution in [2.45, 2.75) is 6.10 Å². The Morgan fingerprint density at radius 1 is 1.00 bits per heavy atom. The Labute approximate surface area is 129 Å². The van der Waals surface area contributed by atoms with Crippen LogP contribution in [0.3, 0.4) is 0 Å². The van der Waals surface area contributed by atoms with Crippen molar-refractivity contribution in [3.63, 3.8) is 0 Å². The standard InChI is InChI=1S/C17H12BrNO2/c18-17-12(7-8-21-17)16(20)10-5-6-15-13(9-10)11-3-1-2-4-14(11)19-15/h1-9,16,19-20H. The zero-order valence-corrected chi connectivity index (χ0v) is 12.6. The van der Waals surface area contributed by atoms with Crippen molar-refractivity contribution in [3.05, 3.63) is 70.6 Å². The van der Waals surface area contributed by atoms with Gasteiger partial charge in [-0.3, -0.25) is 0 Å². The number of H-pyrrole nitrogens is 1. The number of para-hydroxylation sites is 1. The van der Waals surface area contributed by atoms with Gasteiger partial charge < -0.3 is 14.5 Å². The predicted octanol–water partition coefficient (Wildman–Crippen LogP) is 4.76. The van der Waals surface area contributed by atoms with E-state index in [0.717, 1.165) is 32.9 Å². The molecule has 0 amide bonds. The third-order valence-corrected chi connectivity index (χ3v) is 4.43. The topological polar surface area (TPSA) is 49.2 Å². The van der Waals surface area contributed by atoms with Gasteiger partial charge in [0.15, 0.2) is 4.67 Å². The highest BCUT2D eigenvalue weighted by Crippen LogP contribution is 2.33. The Balaban J connectivity index is 1.90. The Morgan fingerprint density at radius 3 is 2.62 bits per heavy atom. The van der Waals surface area contributed by atoms with Gasteiger partial charge in [0.2, 0.25) is 0 Å². The third-order valence-electron chi connectivity index (χ3n) is 3.79. The summed E-state index contributed by atoms with van der Waals surface area (Å²) in [5, 5.41) is 12.8. The van der Waals surface area contributed by atoms with E-state index in [9.17, 15) is 5.11 Å². The number of aromatic amines is 1. The molecular formula is C17H12BrNO2. The molecule has 1 unspecified atom stereocenters. The molecule has 1 atom stereocenters. The molecule has 0 aliphatic rings. The summed E-state index contributed by atoms with van der Waals surface area (Å²) in [6, 6.07) is 15.9. The first kappa shape index (κ1) is 12.7. The maximum absolute atomic E-state index is 10.5. The van der Waals surface area contributed by atoms with Gasteiger partial charge in [0.1, 0.15) is 6.10 Å². The van der Waals surface area contributed by atoms with Crippen molar-refractivity contribution in [3.8, 4) is 0 Å². The van der Waals surface area contributed by atoms with Crippen LogP contribution in [0.2, 0.25) is 0 Å². The highest BCUT2D eigenvalue weighted by atomic mass is 79.9. The molecule has 2 N–H and O–H groups in total. The average Bonchev–Trinajstić information content (AvgIpc) is 3.09. The molecule has 3 nitrogen and oxygen atoms in total. The van der Waals surface area contributed by atoms with Crippen LogP contribution in [0.5, 0.6) is 0 Å². The molecule has 4 heteroatoms. The Morgan fingerprint density at radius 2 is 1.81 bits per heavy atom. The van der Waals surface area contributed by atoms with E-state index in [2.05, 4.69) is 33.0 Å². The number of benzene rings is 2. The second kappa shape index (κ2) is 4.76. The van der Waals surface area contributed by atoms with Crippen molar-refractivity contribution >= 4 is 37.7 Å². The molecular weight excluding hydrogens is 330 g/mol. The van der Waals surface area contributed by atoms with Crippen molar-refractivity contribution in [1.29, 1.82) is 0 Å². The van der Waals surface area contributed by atoms with E-state index >= 15 is 0 Å². The van der Waals surface area contributed by atoms with Gasteiger partial charge in [0.25, 0.3) is 0 Å². The van der Waals surface area contributed by atoms with Crippen LogP contribution < -0.4 is 0 Å².